The summed E-state index contributed by atoms with van der Waals surface area (Å²) < 4.78 is 5.39. The highest BCUT2D eigenvalue weighted by molar-refractivity contribution is 5.78. The first-order valence-electron chi connectivity index (χ1n) is 5.80. The lowest BCUT2D eigenvalue weighted by Gasteiger charge is -2.15. The summed E-state index contributed by atoms with van der Waals surface area (Å²) >= 11 is 0. The van der Waals surface area contributed by atoms with Crippen LogP contribution in [0.25, 0.3) is 0 Å². The molecule has 1 saturated heterocycles. The predicted molar refractivity (Wildman–Crippen MR) is 64.7 cm³/mol. The van der Waals surface area contributed by atoms with Crippen molar-refractivity contribution in [1.82, 2.24) is 9.88 Å². The van der Waals surface area contributed by atoms with Gasteiger partial charge in [-0.05, 0) is 31.9 Å². The van der Waals surface area contributed by atoms with Crippen molar-refractivity contribution in [2.45, 2.75) is 19.8 Å². The molecule has 0 unspecified atom stereocenters. The van der Waals surface area contributed by atoms with Crippen LogP contribution in [0, 0.1) is 6.92 Å². The van der Waals surface area contributed by atoms with E-state index >= 15 is 0 Å². The lowest BCUT2D eigenvalue weighted by Crippen LogP contribution is -2.32. The maximum Gasteiger partial charge on any atom is 0.260 e. The Morgan fingerprint density at radius 3 is 2.82 bits per heavy atom. The average Bonchev–Trinajstić information content (AvgIpc) is 2.81. The molecule has 5 nitrogen and oxygen atoms in total. The Morgan fingerprint density at radius 1 is 1.47 bits per heavy atom. The van der Waals surface area contributed by atoms with E-state index in [0.717, 1.165) is 31.6 Å². The lowest BCUT2D eigenvalue weighted by atomic mass is 10.3. The first-order chi connectivity index (χ1) is 8.16. The van der Waals surface area contributed by atoms with Gasteiger partial charge in [0.15, 0.2) is 18.2 Å². The van der Waals surface area contributed by atoms with E-state index in [-0.39, 0.29) is 12.5 Å². The van der Waals surface area contributed by atoms with E-state index in [1.54, 1.807) is 6.07 Å². The van der Waals surface area contributed by atoms with Crippen LogP contribution in [0.5, 0.6) is 5.75 Å². The third-order valence-electron chi connectivity index (χ3n) is 2.84. The number of nitrogens with zero attached hydrogens (tertiary/aromatic N) is 2. The SMILES string of the molecule is Cc1ccc(OCC(=O)N2CCCC2)c(N)n1. The fraction of sp³-hybridized carbons (Fsp3) is 0.500. The zero-order valence-electron chi connectivity index (χ0n) is 9.98. The Hall–Kier alpha value is -1.78. The van der Waals surface area contributed by atoms with Gasteiger partial charge in [-0.15, -0.1) is 0 Å². The van der Waals surface area contributed by atoms with Crippen molar-refractivity contribution in [3.05, 3.63) is 17.8 Å². The van der Waals surface area contributed by atoms with Crippen LogP contribution < -0.4 is 10.5 Å². The maximum atomic E-state index is 11.7. The van der Waals surface area contributed by atoms with E-state index < -0.39 is 0 Å². The molecule has 5 heteroatoms. The number of likely N-dealkylation sites (tertiary alicyclic amines) is 1. The molecule has 0 bridgehead atoms. The highest BCUT2D eigenvalue weighted by Crippen LogP contribution is 2.19. The second kappa shape index (κ2) is 5.03. The van der Waals surface area contributed by atoms with Gasteiger partial charge in [0.1, 0.15) is 0 Å². The minimum atomic E-state index is 0.0162. The zero-order valence-corrected chi connectivity index (χ0v) is 9.98. The first kappa shape index (κ1) is 11.7. The monoisotopic (exact) mass is 235 g/mol. The van der Waals surface area contributed by atoms with Gasteiger partial charge in [-0.1, -0.05) is 0 Å². The summed E-state index contributed by atoms with van der Waals surface area (Å²) in [5, 5.41) is 0. The van der Waals surface area contributed by atoms with Crippen LogP contribution in [0.3, 0.4) is 0 Å². The van der Waals surface area contributed by atoms with Crippen LogP contribution in [0.1, 0.15) is 18.5 Å². The Balaban J connectivity index is 1.90. The van der Waals surface area contributed by atoms with Gasteiger partial charge in [0.05, 0.1) is 0 Å². The molecule has 1 amide bonds. The second-order valence-electron chi connectivity index (χ2n) is 4.21. The third-order valence-corrected chi connectivity index (χ3v) is 2.84. The van der Waals surface area contributed by atoms with Crippen molar-refractivity contribution in [3.63, 3.8) is 0 Å². The Morgan fingerprint density at radius 2 is 2.18 bits per heavy atom. The zero-order chi connectivity index (χ0) is 12.3. The minimum absolute atomic E-state index is 0.0162. The van der Waals surface area contributed by atoms with E-state index in [2.05, 4.69) is 4.98 Å². The number of pyridine rings is 1. The number of nitrogen functional groups attached to an aromatic ring is 1. The largest absolute Gasteiger partial charge is 0.480 e. The van der Waals surface area contributed by atoms with E-state index in [0.29, 0.717) is 11.6 Å². The number of carbonyl (C=O) groups is 1. The number of hydrogen-bond acceptors (Lipinski definition) is 4. The average molecular weight is 235 g/mol. The lowest BCUT2D eigenvalue weighted by molar-refractivity contribution is -0.132. The number of aryl methyl sites for hydroxylation is 1. The molecule has 0 atom stereocenters. The van der Waals surface area contributed by atoms with Crippen LogP contribution >= 0.6 is 0 Å². The quantitative estimate of drug-likeness (QED) is 0.847. The summed E-state index contributed by atoms with van der Waals surface area (Å²) in [4.78, 5) is 17.6. The summed E-state index contributed by atoms with van der Waals surface area (Å²) in [5.74, 6) is 0.824. The first-order valence-corrected chi connectivity index (χ1v) is 5.80. The fourth-order valence-corrected chi connectivity index (χ4v) is 1.88. The number of amides is 1. The van der Waals surface area contributed by atoms with Crippen LogP contribution in [0.2, 0.25) is 0 Å². The topological polar surface area (TPSA) is 68.5 Å². The number of carbonyl (C=O) groups excluding carboxylic acids is 1. The van der Waals surface area contributed by atoms with E-state index in [9.17, 15) is 4.79 Å². The van der Waals surface area contributed by atoms with E-state index in [1.807, 2.05) is 17.9 Å². The Labute approximate surface area is 101 Å². The second-order valence-corrected chi connectivity index (χ2v) is 4.21. The van der Waals surface area contributed by atoms with Gasteiger partial charge in [0, 0.05) is 18.8 Å². The molecule has 0 spiro atoms. The van der Waals surface area contributed by atoms with E-state index in [4.69, 9.17) is 10.5 Å². The van der Waals surface area contributed by atoms with Gasteiger partial charge in [0.25, 0.3) is 5.91 Å². The molecule has 0 aliphatic carbocycles. The Kier molecular flexibility index (Phi) is 3.46. The van der Waals surface area contributed by atoms with Gasteiger partial charge >= 0.3 is 0 Å². The summed E-state index contributed by atoms with van der Waals surface area (Å²) in [7, 11) is 0. The van der Waals surface area contributed by atoms with Gasteiger partial charge in [0.2, 0.25) is 0 Å². The molecule has 1 aromatic rings. The summed E-state index contributed by atoms with van der Waals surface area (Å²) in [6.45, 7) is 3.57. The molecule has 2 N–H and O–H groups in total. The highest BCUT2D eigenvalue weighted by Gasteiger charge is 2.18. The molecular weight excluding hydrogens is 218 g/mol. The van der Waals surface area contributed by atoms with Gasteiger partial charge < -0.3 is 15.4 Å². The molecular formula is C12H17N3O2. The standard InChI is InChI=1S/C12H17N3O2/c1-9-4-5-10(12(13)14-9)17-8-11(16)15-6-2-3-7-15/h4-5H,2-3,6-8H2,1H3,(H2,13,14). The van der Waals surface area contributed by atoms with Crippen molar-refractivity contribution in [2.24, 2.45) is 0 Å². The molecule has 0 aromatic carbocycles. The number of nitrogens with two attached hydrogens (primary N) is 1. The predicted octanol–water partition coefficient (Wildman–Crippen LogP) is 0.973. The van der Waals surface area contributed by atoms with E-state index in [1.165, 1.54) is 0 Å². The Bertz CT molecular complexity index is 414. The van der Waals surface area contributed by atoms with Gasteiger partial charge in [-0.25, -0.2) is 4.98 Å². The van der Waals surface area contributed by atoms with Crippen LogP contribution in [0.4, 0.5) is 5.82 Å². The van der Waals surface area contributed by atoms with Gasteiger partial charge in [-0.3, -0.25) is 4.79 Å². The highest BCUT2D eigenvalue weighted by atomic mass is 16.5. The fourth-order valence-electron chi connectivity index (χ4n) is 1.88. The normalized spacial score (nSPS) is 15.0. The number of anilines is 1. The molecule has 1 aliphatic heterocycles. The van der Waals surface area contributed by atoms with Crippen LogP contribution in [-0.4, -0.2) is 35.5 Å². The maximum absolute atomic E-state index is 11.7. The smallest absolute Gasteiger partial charge is 0.260 e. The molecule has 2 rings (SSSR count). The summed E-state index contributed by atoms with van der Waals surface area (Å²) in [5.41, 5.74) is 6.53. The molecule has 2 heterocycles. The van der Waals surface area contributed by atoms with Crippen molar-refractivity contribution in [1.29, 1.82) is 0 Å². The minimum Gasteiger partial charge on any atom is -0.480 e. The summed E-state index contributed by atoms with van der Waals surface area (Å²) in [6.07, 6.45) is 2.17. The molecule has 17 heavy (non-hydrogen) atoms. The van der Waals surface area contributed by atoms with Gasteiger partial charge in [-0.2, -0.15) is 0 Å². The number of aromatic nitrogens is 1. The number of rotatable bonds is 3. The van der Waals surface area contributed by atoms with Crippen molar-refractivity contribution in [2.75, 3.05) is 25.4 Å². The van der Waals surface area contributed by atoms with Crippen LogP contribution in [-0.2, 0) is 4.79 Å². The van der Waals surface area contributed by atoms with Crippen LogP contribution in [0.15, 0.2) is 12.1 Å². The third kappa shape index (κ3) is 2.87. The molecule has 1 fully saturated rings. The number of hydrogen-bond donors (Lipinski definition) is 1. The van der Waals surface area contributed by atoms with Crippen molar-refractivity contribution >= 4 is 11.7 Å². The van der Waals surface area contributed by atoms with Crippen molar-refractivity contribution < 1.29 is 9.53 Å². The molecule has 0 radical (unpaired) electrons. The van der Waals surface area contributed by atoms with Crippen molar-refractivity contribution in [3.8, 4) is 5.75 Å². The number of ether oxygens (including phenoxy) is 1. The molecule has 1 aromatic heterocycles. The molecule has 1 aliphatic rings. The molecule has 0 saturated carbocycles. The summed E-state index contributed by atoms with van der Waals surface area (Å²) in [6, 6.07) is 3.56. The molecule has 92 valence electrons.